The molecule has 0 spiro atoms. The zero-order valence-corrected chi connectivity index (χ0v) is 19.8. The van der Waals surface area contributed by atoms with E-state index in [9.17, 15) is 14.4 Å². The first-order valence-corrected chi connectivity index (χ1v) is 10.8. The number of hydrazone groups is 1. The lowest BCUT2D eigenvalue weighted by atomic mass is 10.2. The van der Waals surface area contributed by atoms with Gasteiger partial charge in [-0.3, -0.25) is 14.4 Å². The topological polar surface area (TPSA) is 118 Å². The average molecular weight is 495 g/mol. The number of amides is 3. The Balaban J connectivity index is 1.43. The van der Waals surface area contributed by atoms with Gasteiger partial charge in [0, 0.05) is 16.4 Å². The molecule has 0 aliphatic carbocycles. The van der Waals surface area contributed by atoms with E-state index in [1.807, 2.05) is 6.92 Å². The van der Waals surface area contributed by atoms with Crippen molar-refractivity contribution >= 4 is 46.9 Å². The number of carbonyl (C=O) groups is 3. The summed E-state index contributed by atoms with van der Waals surface area (Å²) in [6, 6.07) is 18.5. The molecule has 3 N–H and O–H groups in total. The molecule has 0 atom stereocenters. The quantitative estimate of drug-likeness (QED) is 0.250. The highest BCUT2D eigenvalue weighted by molar-refractivity contribution is 6.39. The van der Waals surface area contributed by atoms with Crippen molar-refractivity contribution in [2.45, 2.75) is 6.92 Å². The predicted octanol–water partition coefficient (Wildman–Crippen LogP) is 3.76. The van der Waals surface area contributed by atoms with E-state index >= 15 is 0 Å². The molecule has 0 aliphatic rings. The van der Waals surface area contributed by atoms with Gasteiger partial charge in [0.05, 0.1) is 13.3 Å². The molecule has 0 aromatic heterocycles. The summed E-state index contributed by atoms with van der Waals surface area (Å²) in [5, 5.41) is 9.55. The summed E-state index contributed by atoms with van der Waals surface area (Å²) in [5.41, 5.74) is 4.65. The van der Waals surface area contributed by atoms with E-state index in [4.69, 9.17) is 21.1 Å². The Morgan fingerprint density at radius 2 is 1.60 bits per heavy atom. The van der Waals surface area contributed by atoms with Crippen molar-refractivity contribution in [3.8, 4) is 11.5 Å². The molecule has 3 amide bonds. The van der Waals surface area contributed by atoms with Crippen molar-refractivity contribution in [1.29, 1.82) is 0 Å². The lowest BCUT2D eigenvalue weighted by Gasteiger charge is -2.10. The highest BCUT2D eigenvalue weighted by atomic mass is 35.5. The number of ether oxygens (including phenoxy) is 2. The van der Waals surface area contributed by atoms with Gasteiger partial charge in [0.2, 0.25) is 0 Å². The second-order valence-electron chi connectivity index (χ2n) is 7.20. The molecule has 180 valence electrons. The number of hydrogen-bond donors (Lipinski definition) is 3. The van der Waals surface area contributed by atoms with Crippen molar-refractivity contribution < 1.29 is 23.9 Å². The van der Waals surface area contributed by atoms with Gasteiger partial charge >= 0.3 is 11.8 Å². The molecule has 3 rings (SSSR count). The molecule has 0 unspecified atom stereocenters. The van der Waals surface area contributed by atoms with Crippen LogP contribution in [-0.2, 0) is 14.4 Å². The number of halogens is 1. The molecular weight excluding hydrogens is 472 g/mol. The van der Waals surface area contributed by atoms with Crippen LogP contribution in [0, 0.1) is 6.92 Å². The Bertz CT molecular complexity index is 1230. The van der Waals surface area contributed by atoms with Crippen molar-refractivity contribution in [2.24, 2.45) is 5.10 Å². The van der Waals surface area contributed by atoms with Gasteiger partial charge in [-0.25, -0.2) is 5.43 Å². The lowest BCUT2D eigenvalue weighted by molar-refractivity contribution is -0.136. The lowest BCUT2D eigenvalue weighted by Crippen LogP contribution is -2.32. The minimum Gasteiger partial charge on any atom is -0.497 e. The molecule has 0 heterocycles. The Hall–Kier alpha value is -4.37. The molecule has 0 bridgehead atoms. The Kier molecular flexibility index (Phi) is 8.80. The molecule has 0 fully saturated rings. The molecule has 0 saturated carbocycles. The summed E-state index contributed by atoms with van der Waals surface area (Å²) in [4.78, 5) is 36.0. The van der Waals surface area contributed by atoms with Gasteiger partial charge in [-0.05, 0) is 78.7 Å². The van der Waals surface area contributed by atoms with Crippen LogP contribution in [0.2, 0.25) is 5.02 Å². The summed E-state index contributed by atoms with van der Waals surface area (Å²) in [6.45, 7) is 1.63. The monoisotopic (exact) mass is 494 g/mol. The zero-order valence-electron chi connectivity index (χ0n) is 19.0. The molecule has 0 radical (unpaired) electrons. The molecule has 35 heavy (non-hydrogen) atoms. The van der Waals surface area contributed by atoms with E-state index in [1.54, 1.807) is 66.7 Å². The van der Waals surface area contributed by atoms with E-state index in [0.29, 0.717) is 33.5 Å². The van der Waals surface area contributed by atoms with Gasteiger partial charge in [-0.2, -0.15) is 5.10 Å². The molecule has 0 aliphatic heterocycles. The van der Waals surface area contributed by atoms with Crippen LogP contribution in [0.3, 0.4) is 0 Å². The maximum atomic E-state index is 12.1. The van der Waals surface area contributed by atoms with Crippen LogP contribution in [-0.4, -0.2) is 37.7 Å². The molecule has 3 aromatic carbocycles. The Morgan fingerprint density at radius 3 is 2.29 bits per heavy atom. The first-order chi connectivity index (χ1) is 16.9. The summed E-state index contributed by atoms with van der Waals surface area (Å²) < 4.78 is 10.5. The first-order valence-electron chi connectivity index (χ1n) is 10.4. The summed E-state index contributed by atoms with van der Waals surface area (Å²) in [7, 11) is 1.53. The number of benzene rings is 3. The van der Waals surface area contributed by atoms with Crippen LogP contribution < -0.4 is 25.5 Å². The minimum absolute atomic E-state index is 0.182. The van der Waals surface area contributed by atoms with Crippen LogP contribution in [0.25, 0.3) is 0 Å². The number of carbonyl (C=O) groups excluding carboxylic acids is 3. The molecule has 10 heteroatoms. The van der Waals surface area contributed by atoms with Crippen molar-refractivity contribution in [1.82, 2.24) is 5.43 Å². The summed E-state index contributed by atoms with van der Waals surface area (Å²) >= 11 is 6.06. The Morgan fingerprint density at radius 1 is 0.914 bits per heavy atom. The second-order valence-corrected chi connectivity index (χ2v) is 7.61. The maximum Gasteiger partial charge on any atom is 0.329 e. The number of rotatable bonds is 8. The predicted molar refractivity (Wildman–Crippen MR) is 134 cm³/mol. The number of nitrogens with one attached hydrogen (secondary N) is 3. The largest absolute Gasteiger partial charge is 0.497 e. The fraction of sp³-hybridized carbons (Fsp3) is 0.120. The summed E-state index contributed by atoms with van der Waals surface area (Å²) in [5.74, 6) is -0.996. The normalized spacial score (nSPS) is 10.5. The fourth-order valence-electron chi connectivity index (χ4n) is 2.81. The summed E-state index contributed by atoms with van der Waals surface area (Å²) in [6.07, 6.45) is 1.37. The van der Waals surface area contributed by atoms with E-state index in [1.165, 1.54) is 13.3 Å². The highest BCUT2D eigenvalue weighted by Gasteiger charge is 2.13. The van der Waals surface area contributed by atoms with Gasteiger partial charge in [0.1, 0.15) is 11.5 Å². The van der Waals surface area contributed by atoms with Crippen LogP contribution >= 0.6 is 11.6 Å². The van der Waals surface area contributed by atoms with Crippen LogP contribution in [0.1, 0.15) is 11.1 Å². The molecule has 3 aromatic rings. The maximum absolute atomic E-state index is 12.1. The van der Waals surface area contributed by atoms with Gasteiger partial charge in [0.15, 0.2) is 6.61 Å². The van der Waals surface area contributed by atoms with Gasteiger partial charge in [-0.1, -0.05) is 17.7 Å². The Labute approximate surface area is 207 Å². The number of anilines is 2. The third-order valence-corrected chi connectivity index (χ3v) is 5.14. The van der Waals surface area contributed by atoms with Crippen molar-refractivity contribution in [3.05, 3.63) is 82.9 Å². The third-order valence-electron chi connectivity index (χ3n) is 4.73. The minimum atomic E-state index is -0.919. The fourth-order valence-corrected chi connectivity index (χ4v) is 2.98. The van der Waals surface area contributed by atoms with Gasteiger partial charge < -0.3 is 20.1 Å². The van der Waals surface area contributed by atoms with Crippen LogP contribution in [0.15, 0.2) is 71.8 Å². The third kappa shape index (κ3) is 7.58. The van der Waals surface area contributed by atoms with Gasteiger partial charge in [0.25, 0.3) is 5.91 Å². The van der Waals surface area contributed by atoms with Crippen LogP contribution in [0.5, 0.6) is 11.5 Å². The number of nitrogens with zero attached hydrogens (tertiary/aromatic N) is 1. The van der Waals surface area contributed by atoms with E-state index in [-0.39, 0.29) is 12.5 Å². The first kappa shape index (κ1) is 25.3. The standard InChI is InChI=1S/C25H23ClN4O5/c1-16-21(26)4-3-5-22(16)29-23(31)15-35-20-10-6-17(7-11-20)14-27-30-25(33)24(32)28-18-8-12-19(34-2)13-9-18/h3-14H,15H2,1-2H3,(H,28,32)(H,29,31)(H,30,33)/b27-14-. The zero-order chi connectivity index (χ0) is 25.2. The van der Waals surface area contributed by atoms with Crippen molar-refractivity contribution in [2.75, 3.05) is 24.4 Å². The van der Waals surface area contributed by atoms with E-state index < -0.39 is 11.8 Å². The number of methoxy groups -OCH3 is 1. The number of hydrogen-bond acceptors (Lipinski definition) is 6. The second kappa shape index (κ2) is 12.2. The molecule has 0 saturated heterocycles. The molecule has 9 nitrogen and oxygen atoms in total. The van der Waals surface area contributed by atoms with E-state index in [0.717, 1.165) is 5.56 Å². The average Bonchev–Trinajstić information content (AvgIpc) is 2.86. The van der Waals surface area contributed by atoms with Crippen LogP contribution in [0.4, 0.5) is 11.4 Å². The SMILES string of the molecule is COc1ccc(NC(=O)C(=O)N/N=C\c2ccc(OCC(=O)Nc3cccc(Cl)c3C)cc2)cc1. The van der Waals surface area contributed by atoms with E-state index in [2.05, 4.69) is 21.2 Å². The smallest absolute Gasteiger partial charge is 0.329 e. The van der Waals surface area contributed by atoms with Crippen molar-refractivity contribution in [3.63, 3.8) is 0 Å². The molecular formula is C25H23ClN4O5. The highest BCUT2D eigenvalue weighted by Crippen LogP contribution is 2.23. The van der Waals surface area contributed by atoms with Gasteiger partial charge in [-0.15, -0.1) is 0 Å².